The Labute approximate surface area is 212 Å². The van der Waals surface area contributed by atoms with Crippen LogP contribution in [0.15, 0.2) is 84.9 Å². The molecule has 4 rings (SSSR count). The number of hydrogen-bond donors (Lipinski definition) is 0. The Morgan fingerprint density at radius 1 is 0.857 bits per heavy atom. The van der Waals surface area contributed by atoms with Gasteiger partial charge in [0, 0.05) is 25.2 Å². The van der Waals surface area contributed by atoms with Crippen molar-refractivity contribution in [2.24, 2.45) is 0 Å². The molecule has 186 valence electrons. The maximum Gasteiger partial charge on any atom is 0.0829 e. The van der Waals surface area contributed by atoms with Gasteiger partial charge >= 0.3 is 0 Å². The molecule has 3 heteroatoms. The van der Waals surface area contributed by atoms with Gasteiger partial charge in [-0.1, -0.05) is 105 Å². The van der Waals surface area contributed by atoms with E-state index in [1.807, 2.05) is 0 Å². The third-order valence-corrected chi connectivity index (χ3v) is 7.69. The van der Waals surface area contributed by atoms with Crippen molar-refractivity contribution in [3.05, 3.63) is 107 Å². The molecule has 1 saturated heterocycles. The van der Waals surface area contributed by atoms with E-state index in [4.69, 9.17) is 4.74 Å². The molecule has 1 fully saturated rings. The molecule has 3 nitrogen and oxygen atoms in total. The topological polar surface area (TPSA) is 15.7 Å². The number of nitrogens with zero attached hydrogens (tertiary/aromatic N) is 2. The van der Waals surface area contributed by atoms with Crippen LogP contribution in [0.4, 0.5) is 0 Å². The number of hydrogen-bond acceptors (Lipinski definition) is 3. The first-order valence-electron chi connectivity index (χ1n) is 13.3. The van der Waals surface area contributed by atoms with Crippen LogP contribution < -0.4 is 0 Å². The van der Waals surface area contributed by atoms with E-state index >= 15 is 0 Å². The van der Waals surface area contributed by atoms with Crippen LogP contribution in [0.5, 0.6) is 0 Å². The lowest BCUT2D eigenvalue weighted by Crippen LogP contribution is -2.50. The van der Waals surface area contributed by atoms with Gasteiger partial charge in [0.05, 0.1) is 12.7 Å². The van der Waals surface area contributed by atoms with Crippen molar-refractivity contribution in [2.45, 2.75) is 63.8 Å². The Balaban J connectivity index is 1.36. The van der Waals surface area contributed by atoms with Crippen molar-refractivity contribution in [1.82, 2.24) is 9.80 Å². The molecule has 0 saturated carbocycles. The predicted octanol–water partition coefficient (Wildman–Crippen LogP) is 7.19. The molecule has 0 spiro atoms. The van der Waals surface area contributed by atoms with Gasteiger partial charge in [0.15, 0.2) is 0 Å². The summed E-state index contributed by atoms with van der Waals surface area (Å²) in [7, 11) is 4.46. The molecule has 3 aromatic carbocycles. The molecule has 1 atom stereocenters. The van der Waals surface area contributed by atoms with E-state index in [2.05, 4.69) is 116 Å². The van der Waals surface area contributed by atoms with Gasteiger partial charge in [-0.15, -0.1) is 0 Å². The minimum absolute atomic E-state index is 0.137. The molecule has 1 aliphatic rings. The average molecular weight is 471 g/mol. The van der Waals surface area contributed by atoms with Crippen molar-refractivity contribution >= 4 is 0 Å². The number of unbranched alkanes of at least 4 members (excludes halogenated alkanes) is 1. The fraction of sp³-hybridized carbons (Fsp3) is 0.438. The Morgan fingerprint density at radius 2 is 1.51 bits per heavy atom. The van der Waals surface area contributed by atoms with Crippen LogP contribution in [-0.2, 0) is 23.4 Å². The van der Waals surface area contributed by atoms with Crippen LogP contribution in [0.25, 0.3) is 0 Å². The summed E-state index contributed by atoms with van der Waals surface area (Å²) < 4.78 is 6.44. The maximum absolute atomic E-state index is 6.44. The molecular formula is C32H42N2O. The molecule has 1 aliphatic heterocycles. The van der Waals surface area contributed by atoms with Crippen LogP contribution in [-0.4, -0.2) is 37.0 Å². The number of benzene rings is 3. The highest BCUT2D eigenvalue weighted by Gasteiger charge is 2.37. The minimum Gasteiger partial charge on any atom is -0.369 e. The zero-order chi connectivity index (χ0) is 24.5. The van der Waals surface area contributed by atoms with Crippen LogP contribution in [0.3, 0.4) is 0 Å². The summed E-state index contributed by atoms with van der Waals surface area (Å²) in [5.74, 6) is 0. The van der Waals surface area contributed by atoms with Gasteiger partial charge in [0.25, 0.3) is 0 Å². The van der Waals surface area contributed by atoms with Gasteiger partial charge in [0.1, 0.15) is 0 Å². The number of piperidine rings is 1. The average Bonchev–Trinajstić information content (AvgIpc) is 2.90. The van der Waals surface area contributed by atoms with Crippen molar-refractivity contribution in [2.75, 3.05) is 27.2 Å². The summed E-state index contributed by atoms with van der Waals surface area (Å²) in [6.45, 7) is 6.13. The first kappa shape index (κ1) is 25.6. The first-order valence-corrected chi connectivity index (χ1v) is 13.3. The molecule has 0 amide bonds. The summed E-state index contributed by atoms with van der Waals surface area (Å²) >= 11 is 0. The van der Waals surface area contributed by atoms with Gasteiger partial charge < -0.3 is 4.74 Å². The monoisotopic (exact) mass is 470 g/mol. The second-order valence-electron chi connectivity index (χ2n) is 10.2. The molecule has 1 heterocycles. The summed E-state index contributed by atoms with van der Waals surface area (Å²) in [6.07, 6.45) is 5.93. The molecule has 3 aromatic rings. The van der Waals surface area contributed by atoms with E-state index in [1.54, 1.807) is 0 Å². The van der Waals surface area contributed by atoms with E-state index in [1.165, 1.54) is 35.1 Å². The zero-order valence-electron chi connectivity index (χ0n) is 21.8. The van der Waals surface area contributed by atoms with Gasteiger partial charge in [-0.2, -0.15) is 0 Å². The second kappa shape index (κ2) is 12.5. The number of likely N-dealkylation sites (tertiary alicyclic amines) is 1. The van der Waals surface area contributed by atoms with Gasteiger partial charge in [0.2, 0.25) is 0 Å². The van der Waals surface area contributed by atoms with Gasteiger partial charge in [-0.3, -0.25) is 9.80 Å². The van der Waals surface area contributed by atoms with Crippen molar-refractivity contribution in [3.8, 4) is 0 Å². The van der Waals surface area contributed by atoms with Crippen LogP contribution in [0.1, 0.15) is 67.4 Å². The van der Waals surface area contributed by atoms with Crippen LogP contribution >= 0.6 is 0 Å². The summed E-state index contributed by atoms with van der Waals surface area (Å²) in [6, 6.07) is 30.7. The van der Waals surface area contributed by atoms with E-state index in [9.17, 15) is 0 Å². The fourth-order valence-corrected chi connectivity index (χ4v) is 5.50. The molecule has 35 heavy (non-hydrogen) atoms. The highest BCUT2D eigenvalue weighted by Crippen LogP contribution is 2.37. The second-order valence-corrected chi connectivity index (χ2v) is 10.2. The van der Waals surface area contributed by atoms with Crippen LogP contribution in [0, 0.1) is 0 Å². The Kier molecular flexibility index (Phi) is 9.14. The molecule has 0 radical (unpaired) electrons. The van der Waals surface area contributed by atoms with Crippen LogP contribution in [0.2, 0.25) is 0 Å². The van der Waals surface area contributed by atoms with E-state index in [0.717, 1.165) is 38.9 Å². The minimum atomic E-state index is 0.137. The fourth-order valence-electron chi connectivity index (χ4n) is 5.50. The Hall–Kier alpha value is -2.46. The molecule has 0 N–H and O–H groups in total. The van der Waals surface area contributed by atoms with Crippen molar-refractivity contribution < 1.29 is 4.74 Å². The van der Waals surface area contributed by atoms with E-state index in [-0.39, 0.29) is 11.6 Å². The van der Waals surface area contributed by atoms with E-state index in [0.29, 0.717) is 6.61 Å². The highest BCUT2D eigenvalue weighted by atomic mass is 16.5. The molecule has 0 aliphatic carbocycles. The SMILES string of the molecule is CCCC[C@H](OCc1cccc(CN2CCC(c3ccccc3)(N(C)C)CC2)c1)c1ccccc1. The largest absolute Gasteiger partial charge is 0.369 e. The first-order chi connectivity index (χ1) is 17.1. The van der Waals surface area contributed by atoms with Crippen molar-refractivity contribution in [3.63, 3.8) is 0 Å². The molecule has 0 bridgehead atoms. The third-order valence-electron chi connectivity index (χ3n) is 7.69. The number of rotatable bonds is 11. The molecule has 0 unspecified atom stereocenters. The summed E-state index contributed by atoms with van der Waals surface area (Å²) in [4.78, 5) is 5.04. The zero-order valence-corrected chi connectivity index (χ0v) is 21.8. The predicted molar refractivity (Wildman–Crippen MR) is 146 cm³/mol. The normalized spacial score (nSPS) is 16.9. The third kappa shape index (κ3) is 6.61. The molecule has 0 aromatic heterocycles. The molecular weight excluding hydrogens is 428 g/mol. The maximum atomic E-state index is 6.44. The summed E-state index contributed by atoms with van der Waals surface area (Å²) in [5, 5.41) is 0. The lowest BCUT2D eigenvalue weighted by Gasteiger charge is -2.46. The van der Waals surface area contributed by atoms with Gasteiger partial charge in [-0.25, -0.2) is 0 Å². The van der Waals surface area contributed by atoms with Gasteiger partial charge in [-0.05, 0) is 55.6 Å². The Morgan fingerprint density at radius 3 is 2.17 bits per heavy atom. The lowest BCUT2D eigenvalue weighted by molar-refractivity contribution is 0.0323. The quantitative estimate of drug-likeness (QED) is 0.295. The smallest absolute Gasteiger partial charge is 0.0829 e. The van der Waals surface area contributed by atoms with Crippen molar-refractivity contribution in [1.29, 1.82) is 0 Å². The lowest BCUT2D eigenvalue weighted by atomic mass is 9.79. The summed E-state index contributed by atoms with van der Waals surface area (Å²) in [5.41, 5.74) is 5.52. The standard InChI is InChI=1S/C32H42N2O/c1-4-5-19-31(29-15-8-6-9-16-29)35-26-28-14-12-13-27(24-28)25-34-22-20-32(21-23-34,33(2)3)30-17-10-7-11-18-30/h6-18,24,31H,4-5,19-23,25-26H2,1-3H3/t31-/m0/s1. The van der Waals surface area contributed by atoms with E-state index < -0.39 is 0 Å². The number of ether oxygens (including phenoxy) is 1. The Bertz CT molecular complexity index is 1010. The highest BCUT2D eigenvalue weighted by molar-refractivity contribution is 5.27.